The Labute approximate surface area is 127 Å². The van der Waals surface area contributed by atoms with Gasteiger partial charge in [0.1, 0.15) is 11.6 Å². The first-order chi connectivity index (χ1) is 10.1. The molecule has 0 aliphatic carbocycles. The summed E-state index contributed by atoms with van der Waals surface area (Å²) in [6.45, 7) is 0. The van der Waals surface area contributed by atoms with E-state index in [0.29, 0.717) is 11.4 Å². The zero-order valence-electron chi connectivity index (χ0n) is 11.9. The molecule has 5 heteroatoms. The molecule has 2 rings (SSSR count). The van der Waals surface area contributed by atoms with Gasteiger partial charge in [-0.2, -0.15) is 0 Å². The number of ether oxygens (including phenoxy) is 1. The lowest BCUT2D eigenvalue weighted by Gasteiger charge is -2.11. The zero-order valence-corrected chi connectivity index (χ0v) is 12.7. The highest BCUT2D eigenvalue weighted by Crippen LogP contribution is 2.29. The minimum atomic E-state index is -0.312. The van der Waals surface area contributed by atoms with Crippen LogP contribution in [0.4, 0.5) is 10.1 Å². The van der Waals surface area contributed by atoms with E-state index in [1.807, 2.05) is 24.5 Å². The molecule has 0 bridgehead atoms. The monoisotopic (exact) mass is 305 g/mol. The first kappa shape index (κ1) is 15.4. The first-order valence-electron chi connectivity index (χ1n) is 6.38. The molecule has 0 saturated carbocycles. The van der Waals surface area contributed by atoms with E-state index in [1.165, 1.54) is 12.1 Å². The molecular weight excluding hydrogens is 289 g/mol. The van der Waals surface area contributed by atoms with Crippen LogP contribution in [0.25, 0.3) is 0 Å². The lowest BCUT2D eigenvalue weighted by molar-refractivity contribution is -0.115. The van der Waals surface area contributed by atoms with Gasteiger partial charge in [-0.05, 0) is 42.2 Å². The number of carbonyl (C=O) groups is 1. The Hall–Kier alpha value is -2.01. The molecule has 0 spiro atoms. The number of carbonyl (C=O) groups excluding carboxylic acids is 1. The first-order valence-corrected chi connectivity index (χ1v) is 7.61. The third-order valence-corrected chi connectivity index (χ3v) is 3.69. The molecule has 0 radical (unpaired) electrons. The van der Waals surface area contributed by atoms with Crippen molar-refractivity contribution in [2.75, 3.05) is 18.7 Å². The highest BCUT2D eigenvalue weighted by Gasteiger charge is 2.09. The lowest BCUT2D eigenvalue weighted by Crippen LogP contribution is -2.15. The molecule has 0 aliphatic rings. The molecule has 0 heterocycles. The Morgan fingerprint density at radius 2 is 1.95 bits per heavy atom. The van der Waals surface area contributed by atoms with Crippen molar-refractivity contribution in [1.82, 2.24) is 0 Å². The van der Waals surface area contributed by atoms with Crippen LogP contribution in [0, 0.1) is 5.82 Å². The van der Waals surface area contributed by atoms with E-state index >= 15 is 0 Å². The van der Waals surface area contributed by atoms with E-state index < -0.39 is 0 Å². The number of anilines is 1. The molecule has 0 fully saturated rings. The summed E-state index contributed by atoms with van der Waals surface area (Å²) in [4.78, 5) is 13.1. The number of amides is 1. The number of nitrogens with one attached hydrogen (secondary N) is 1. The van der Waals surface area contributed by atoms with Crippen LogP contribution in [0.2, 0.25) is 0 Å². The van der Waals surface area contributed by atoms with E-state index in [-0.39, 0.29) is 18.1 Å². The number of hydrogen-bond acceptors (Lipinski definition) is 3. The molecule has 2 aromatic rings. The molecule has 0 unspecified atom stereocenters. The highest BCUT2D eigenvalue weighted by atomic mass is 32.2. The average molecular weight is 305 g/mol. The van der Waals surface area contributed by atoms with Gasteiger partial charge in [0.2, 0.25) is 5.91 Å². The lowest BCUT2D eigenvalue weighted by atomic mass is 10.1. The van der Waals surface area contributed by atoms with Gasteiger partial charge in [0.25, 0.3) is 0 Å². The van der Waals surface area contributed by atoms with Gasteiger partial charge >= 0.3 is 0 Å². The Morgan fingerprint density at radius 3 is 2.57 bits per heavy atom. The molecule has 21 heavy (non-hydrogen) atoms. The van der Waals surface area contributed by atoms with Gasteiger partial charge < -0.3 is 10.1 Å². The summed E-state index contributed by atoms with van der Waals surface area (Å²) in [5, 5.41) is 2.81. The van der Waals surface area contributed by atoms with Gasteiger partial charge in [-0.15, -0.1) is 11.8 Å². The van der Waals surface area contributed by atoms with Crippen molar-refractivity contribution in [2.45, 2.75) is 11.3 Å². The van der Waals surface area contributed by atoms with Gasteiger partial charge in [-0.1, -0.05) is 12.1 Å². The summed E-state index contributed by atoms with van der Waals surface area (Å²) in [7, 11) is 1.56. The Kier molecular flexibility index (Phi) is 5.22. The zero-order chi connectivity index (χ0) is 15.2. The van der Waals surface area contributed by atoms with Crippen molar-refractivity contribution in [1.29, 1.82) is 0 Å². The second kappa shape index (κ2) is 7.13. The molecule has 0 atom stereocenters. The number of methoxy groups -OCH3 is 1. The summed E-state index contributed by atoms with van der Waals surface area (Å²) < 4.78 is 18.1. The molecule has 3 nitrogen and oxygen atoms in total. The van der Waals surface area contributed by atoms with Crippen LogP contribution in [-0.2, 0) is 11.2 Å². The molecule has 2 aromatic carbocycles. The van der Waals surface area contributed by atoms with Crippen molar-refractivity contribution >= 4 is 23.4 Å². The smallest absolute Gasteiger partial charge is 0.228 e. The molecule has 1 N–H and O–H groups in total. The quantitative estimate of drug-likeness (QED) is 0.855. The number of halogens is 1. The van der Waals surface area contributed by atoms with Crippen LogP contribution in [0.15, 0.2) is 47.4 Å². The minimum Gasteiger partial charge on any atom is -0.495 e. The predicted molar refractivity (Wildman–Crippen MR) is 83.5 cm³/mol. The Bertz CT molecular complexity index is 629. The molecule has 1 amide bonds. The minimum absolute atomic E-state index is 0.170. The Morgan fingerprint density at radius 1 is 1.24 bits per heavy atom. The van der Waals surface area contributed by atoms with Crippen LogP contribution >= 0.6 is 11.8 Å². The third kappa shape index (κ3) is 4.23. The summed E-state index contributed by atoms with van der Waals surface area (Å²) in [5.74, 6) is 0.139. The second-order valence-electron chi connectivity index (χ2n) is 4.42. The van der Waals surface area contributed by atoms with Crippen LogP contribution in [-0.4, -0.2) is 19.3 Å². The number of rotatable bonds is 5. The van der Waals surface area contributed by atoms with Crippen molar-refractivity contribution in [2.24, 2.45) is 0 Å². The van der Waals surface area contributed by atoms with E-state index in [1.54, 1.807) is 31.0 Å². The van der Waals surface area contributed by atoms with Crippen molar-refractivity contribution in [3.8, 4) is 5.75 Å². The normalized spacial score (nSPS) is 10.2. The van der Waals surface area contributed by atoms with Crippen LogP contribution < -0.4 is 10.1 Å². The summed E-state index contributed by atoms with van der Waals surface area (Å²) in [6.07, 6.45) is 2.16. The number of benzene rings is 2. The van der Waals surface area contributed by atoms with Gasteiger partial charge in [0.15, 0.2) is 0 Å². The predicted octanol–water partition coefficient (Wildman–Crippen LogP) is 3.74. The standard InChI is InChI=1S/C16H16FNO2S/c1-20-15-10-13(21-2)7-8-14(15)18-16(19)9-11-3-5-12(17)6-4-11/h3-8,10H,9H2,1-2H3,(H,18,19). The van der Waals surface area contributed by atoms with E-state index in [2.05, 4.69) is 5.32 Å². The third-order valence-electron chi connectivity index (χ3n) is 2.96. The molecular formula is C16H16FNO2S. The van der Waals surface area contributed by atoms with E-state index in [0.717, 1.165) is 10.5 Å². The fourth-order valence-electron chi connectivity index (χ4n) is 1.88. The fraction of sp³-hybridized carbons (Fsp3) is 0.188. The molecule has 0 aliphatic heterocycles. The van der Waals surface area contributed by atoms with Crippen molar-refractivity contribution in [3.63, 3.8) is 0 Å². The maximum Gasteiger partial charge on any atom is 0.228 e. The second-order valence-corrected chi connectivity index (χ2v) is 5.30. The fourth-order valence-corrected chi connectivity index (χ4v) is 2.31. The summed E-state index contributed by atoms with van der Waals surface area (Å²) in [6, 6.07) is 11.5. The van der Waals surface area contributed by atoms with Crippen LogP contribution in [0.3, 0.4) is 0 Å². The van der Waals surface area contributed by atoms with Gasteiger partial charge in [0, 0.05) is 4.90 Å². The molecule has 0 saturated heterocycles. The van der Waals surface area contributed by atoms with E-state index in [9.17, 15) is 9.18 Å². The van der Waals surface area contributed by atoms with Gasteiger partial charge in [0.05, 0.1) is 19.2 Å². The maximum absolute atomic E-state index is 12.8. The van der Waals surface area contributed by atoms with Gasteiger partial charge in [-0.25, -0.2) is 4.39 Å². The van der Waals surface area contributed by atoms with Crippen molar-refractivity contribution in [3.05, 3.63) is 53.8 Å². The van der Waals surface area contributed by atoms with Crippen molar-refractivity contribution < 1.29 is 13.9 Å². The average Bonchev–Trinajstić information content (AvgIpc) is 2.50. The molecule has 110 valence electrons. The topological polar surface area (TPSA) is 38.3 Å². The highest BCUT2D eigenvalue weighted by molar-refractivity contribution is 7.98. The van der Waals surface area contributed by atoms with Gasteiger partial charge in [-0.3, -0.25) is 4.79 Å². The summed E-state index contributed by atoms with van der Waals surface area (Å²) in [5.41, 5.74) is 1.39. The number of hydrogen-bond donors (Lipinski definition) is 1. The largest absolute Gasteiger partial charge is 0.495 e. The SMILES string of the molecule is COc1cc(SC)ccc1NC(=O)Cc1ccc(F)cc1. The van der Waals surface area contributed by atoms with Crippen LogP contribution in [0.1, 0.15) is 5.56 Å². The Balaban J connectivity index is 2.07. The molecule has 0 aromatic heterocycles. The van der Waals surface area contributed by atoms with Crippen LogP contribution in [0.5, 0.6) is 5.75 Å². The van der Waals surface area contributed by atoms with E-state index in [4.69, 9.17) is 4.74 Å². The number of thioether (sulfide) groups is 1. The summed E-state index contributed by atoms with van der Waals surface area (Å²) >= 11 is 1.60. The maximum atomic E-state index is 12.8.